The van der Waals surface area contributed by atoms with Crippen LogP contribution in [-0.2, 0) is 4.74 Å². The fourth-order valence-corrected chi connectivity index (χ4v) is 1.84. The summed E-state index contributed by atoms with van der Waals surface area (Å²) in [5.74, 6) is -1.33. The highest BCUT2D eigenvalue weighted by molar-refractivity contribution is 5.52. The molecule has 1 fully saturated rings. The molecule has 1 aliphatic rings. The van der Waals surface area contributed by atoms with Crippen molar-refractivity contribution < 1.29 is 18.0 Å². The Labute approximate surface area is 107 Å². The van der Waals surface area contributed by atoms with Crippen LogP contribution in [0.1, 0.15) is 11.9 Å². The number of hydrogen-bond acceptors (Lipinski definition) is 5. The van der Waals surface area contributed by atoms with Gasteiger partial charge in [-0.25, -0.2) is 8.78 Å². The Morgan fingerprint density at radius 2 is 2.16 bits per heavy atom. The molecule has 7 heteroatoms. The molecule has 1 N–H and O–H groups in total. The van der Waals surface area contributed by atoms with Gasteiger partial charge in [-0.1, -0.05) is 5.16 Å². The van der Waals surface area contributed by atoms with Crippen LogP contribution >= 0.6 is 0 Å². The number of nitrogens with zero attached hydrogens (tertiary/aromatic N) is 2. The van der Waals surface area contributed by atoms with Gasteiger partial charge in [-0.2, -0.15) is 4.98 Å². The van der Waals surface area contributed by atoms with Crippen molar-refractivity contribution in [3.8, 4) is 11.5 Å². The minimum Gasteiger partial charge on any atom is -0.367 e. The summed E-state index contributed by atoms with van der Waals surface area (Å²) in [6.07, 6.45) is -0.281. The number of ether oxygens (including phenoxy) is 1. The summed E-state index contributed by atoms with van der Waals surface area (Å²) in [6, 6.07) is 3.43. The van der Waals surface area contributed by atoms with Gasteiger partial charge in [-0.3, -0.25) is 0 Å². The lowest BCUT2D eigenvalue weighted by atomic mass is 10.2. The second-order valence-corrected chi connectivity index (χ2v) is 4.15. The molecule has 1 aliphatic heterocycles. The molecule has 5 nitrogen and oxygen atoms in total. The second kappa shape index (κ2) is 5.02. The minimum atomic E-state index is -0.951. The highest BCUT2D eigenvalue weighted by atomic mass is 19.2. The summed E-state index contributed by atoms with van der Waals surface area (Å²) < 4.78 is 36.5. The van der Waals surface area contributed by atoms with Crippen LogP contribution in [0.3, 0.4) is 0 Å². The zero-order valence-corrected chi connectivity index (χ0v) is 9.90. The number of halogens is 2. The highest BCUT2D eigenvalue weighted by Gasteiger charge is 2.22. The van der Waals surface area contributed by atoms with Gasteiger partial charge in [0.25, 0.3) is 5.89 Å². The molecule has 0 amide bonds. The molecule has 19 heavy (non-hydrogen) atoms. The number of nitrogens with one attached hydrogen (secondary N) is 1. The lowest BCUT2D eigenvalue weighted by molar-refractivity contribution is 0.0208. The van der Waals surface area contributed by atoms with Gasteiger partial charge in [-0.15, -0.1) is 0 Å². The van der Waals surface area contributed by atoms with Crippen LogP contribution in [0.15, 0.2) is 22.7 Å². The molecule has 1 aromatic carbocycles. The molecule has 0 spiro atoms. The topological polar surface area (TPSA) is 60.2 Å². The molecule has 1 atom stereocenters. The second-order valence-electron chi connectivity index (χ2n) is 4.15. The van der Waals surface area contributed by atoms with Gasteiger partial charge in [0, 0.05) is 18.7 Å². The van der Waals surface area contributed by atoms with E-state index in [1.165, 1.54) is 6.07 Å². The highest BCUT2D eigenvalue weighted by Crippen LogP contribution is 2.23. The predicted molar refractivity (Wildman–Crippen MR) is 61.2 cm³/mol. The predicted octanol–water partition coefficient (Wildman–Crippen LogP) is 1.68. The van der Waals surface area contributed by atoms with E-state index in [-0.39, 0.29) is 12.0 Å². The maximum Gasteiger partial charge on any atom is 0.258 e. The van der Waals surface area contributed by atoms with Gasteiger partial charge in [-0.05, 0) is 18.2 Å². The van der Waals surface area contributed by atoms with Crippen molar-refractivity contribution in [1.29, 1.82) is 0 Å². The standard InChI is InChI=1S/C12H11F2N3O2/c13-8-2-1-7(5-9(8)14)12-16-11(17-19-12)10-6-15-3-4-18-10/h1-2,5,10,15H,3-4,6H2. The smallest absolute Gasteiger partial charge is 0.258 e. The van der Waals surface area contributed by atoms with Gasteiger partial charge in [0.2, 0.25) is 5.82 Å². The zero-order valence-electron chi connectivity index (χ0n) is 9.90. The lowest BCUT2D eigenvalue weighted by Crippen LogP contribution is -2.33. The summed E-state index contributed by atoms with van der Waals surface area (Å²) >= 11 is 0. The molecule has 2 heterocycles. The summed E-state index contributed by atoms with van der Waals surface area (Å²) in [7, 11) is 0. The molecule has 1 saturated heterocycles. The van der Waals surface area contributed by atoms with Crippen LogP contribution in [-0.4, -0.2) is 29.8 Å². The molecule has 0 bridgehead atoms. The van der Waals surface area contributed by atoms with Crippen LogP contribution in [0, 0.1) is 11.6 Å². The van der Waals surface area contributed by atoms with Crippen molar-refractivity contribution in [3.63, 3.8) is 0 Å². The molecule has 3 rings (SSSR count). The number of aromatic nitrogens is 2. The molecule has 0 saturated carbocycles. The molecule has 1 unspecified atom stereocenters. The van der Waals surface area contributed by atoms with Crippen LogP contribution in [0.4, 0.5) is 8.78 Å². The van der Waals surface area contributed by atoms with Crippen molar-refractivity contribution in [3.05, 3.63) is 35.7 Å². The third kappa shape index (κ3) is 2.47. The Kier molecular flexibility index (Phi) is 3.22. The van der Waals surface area contributed by atoms with E-state index < -0.39 is 11.6 Å². The van der Waals surface area contributed by atoms with Crippen molar-refractivity contribution in [2.24, 2.45) is 0 Å². The summed E-state index contributed by atoms with van der Waals surface area (Å²) in [5.41, 5.74) is 0.335. The first-order valence-corrected chi connectivity index (χ1v) is 5.85. The fourth-order valence-electron chi connectivity index (χ4n) is 1.84. The third-order valence-corrected chi connectivity index (χ3v) is 2.82. The maximum absolute atomic E-state index is 13.1. The van der Waals surface area contributed by atoms with Crippen LogP contribution in [0.5, 0.6) is 0 Å². The maximum atomic E-state index is 13.1. The Hall–Kier alpha value is -1.86. The van der Waals surface area contributed by atoms with Crippen LogP contribution < -0.4 is 5.32 Å². The van der Waals surface area contributed by atoms with E-state index in [9.17, 15) is 8.78 Å². The first kappa shape index (κ1) is 12.2. The Morgan fingerprint density at radius 3 is 2.89 bits per heavy atom. The molecule has 0 aliphatic carbocycles. The normalized spacial score (nSPS) is 19.6. The third-order valence-electron chi connectivity index (χ3n) is 2.82. The van der Waals surface area contributed by atoms with E-state index in [1.54, 1.807) is 0 Å². The van der Waals surface area contributed by atoms with Crippen molar-refractivity contribution in [1.82, 2.24) is 15.5 Å². The van der Waals surface area contributed by atoms with E-state index in [4.69, 9.17) is 9.26 Å². The molecule has 2 aromatic rings. The van der Waals surface area contributed by atoms with E-state index >= 15 is 0 Å². The molecular formula is C12H11F2N3O2. The number of hydrogen-bond donors (Lipinski definition) is 1. The van der Waals surface area contributed by atoms with E-state index in [1.807, 2.05) is 0 Å². The Bertz CT molecular complexity index is 582. The first-order valence-electron chi connectivity index (χ1n) is 5.85. The minimum absolute atomic E-state index is 0.142. The molecule has 1 aromatic heterocycles. The van der Waals surface area contributed by atoms with Crippen LogP contribution in [0.25, 0.3) is 11.5 Å². The van der Waals surface area contributed by atoms with Gasteiger partial charge in [0.05, 0.1) is 6.61 Å². The van der Waals surface area contributed by atoms with Gasteiger partial charge >= 0.3 is 0 Å². The average molecular weight is 267 g/mol. The number of morpholine rings is 1. The van der Waals surface area contributed by atoms with E-state index in [2.05, 4.69) is 15.5 Å². The average Bonchev–Trinajstić information content (AvgIpc) is 2.93. The van der Waals surface area contributed by atoms with Crippen molar-refractivity contribution in [2.45, 2.75) is 6.10 Å². The van der Waals surface area contributed by atoms with Crippen LogP contribution in [0.2, 0.25) is 0 Å². The first-order chi connectivity index (χ1) is 9.24. The monoisotopic (exact) mass is 267 g/mol. The zero-order chi connectivity index (χ0) is 13.2. The number of benzene rings is 1. The van der Waals surface area contributed by atoms with Crippen molar-refractivity contribution in [2.75, 3.05) is 19.7 Å². The van der Waals surface area contributed by atoms with Gasteiger partial charge in [0.1, 0.15) is 6.10 Å². The Morgan fingerprint density at radius 1 is 1.26 bits per heavy atom. The summed E-state index contributed by atoms with van der Waals surface area (Å²) in [6.45, 7) is 1.95. The van der Waals surface area contributed by atoms with E-state index in [0.29, 0.717) is 24.5 Å². The van der Waals surface area contributed by atoms with Crippen molar-refractivity contribution >= 4 is 0 Å². The number of rotatable bonds is 2. The molecular weight excluding hydrogens is 256 g/mol. The molecule has 0 radical (unpaired) electrons. The summed E-state index contributed by atoms with van der Waals surface area (Å²) in [4.78, 5) is 4.14. The van der Waals surface area contributed by atoms with Gasteiger partial charge < -0.3 is 14.6 Å². The Balaban J connectivity index is 1.85. The quantitative estimate of drug-likeness (QED) is 0.897. The largest absolute Gasteiger partial charge is 0.367 e. The van der Waals surface area contributed by atoms with Gasteiger partial charge in [0.15, 0.2) is 11.6 Å². The SMILES string of the molecule is Fc1ccc(-c2nc(C3CNCCO3)no2)cc1F. The fraction of sp³-hybridized carbons (Fsp3) is 0.333. The molecule has 100 valence electrons. The summed E-state index contributed by atoms with van der Waals surface area (Å²) in [5, 5.41) is 6.94. The lowest BCUT2D eigenvalue weighted by Gasteiger charge is -2.20. The van der Waals surface area contributed by atoms with E-state index in [0.717, 1.165) is 18.7 Å².